The molecule has 0 fully saturated rings. The number of likely N-dealkylation sites (N-methyl/N-ethyl adjacent to an activating group) is 2. The van der Waals surface area contributed by atoms with E-state index in [4.69, 9.17) is 0 Å². The van der Waals surface area contributed by atoms with Gasteiger partial charge in [0.25, 0.3) is 0 Å². The number of halogens is 3. The number of hydrogen-bond donors (Lipinski definition) is 1. The summed E-state index contributed by atoms with van der Waals surface area (Å²) in [6.07, 6.45) is -4.10. The molecule has 0 spiro atoms. The summed E-state index contributed by atoms with van der Waals surface area (Å²) in [6.45, 7) is 1.46. The lowest BCUT2D eigenvalue weighted by molar-refractivity contribution is -0.146. The van der Waals surface area contributed by atoms with Gasteiger partial charge < -0.3 is 5.32 Å². The number of rotatable bonds is 4. The standard InChI is InChI=1S/C7H15F3N2/c1-6(4-11-2)12(3)5-7(8,9)10/h6,11H,4-5H2,1-3H3. The van der Waals surface area contributed by atoms with Gasteiger partial charge in [0.1, 0.15) is 0 Å². The van der Waals surface area contributed by atoms with Crippen molar-refractivity contribution in [1.82, 2.24) is 10.2 Å². The maximum absolute atomic E-state index is 11.8. The van der Waals surface area contributed by atoms with Crippen LogP contribution >= 0.6 is 0 Å². The minimum Gasteiger partial charge on any atom is -0.318 e. The van der Waals surface area contributed by atoms with Crippen molar-refractivity contribution in [2.75, 3.05) is 27.2 Å². The molecule has 0 aromatic heterocycles. The minimum atomic E-state index is -4.10. The molecule has 0 aliphatic rings. The third-order valence-corrected chi connectivity index (χ3v) is 1.68. The second kappa shape index (κ2) is 4.67. The Morgan fingerprint density at radius 1 is 1.42 bits per heavy atom. The fraction of sp³-hybridized carbons (Fsp3) is 1.00. The molecule has 0 amide bonds. The molecule has 2 nitrogen and oxygen atoms in total. The molecule has 0 saturated heterocycles. The Bertz CT molecular complexity index is 124. The van der Waals surface area contributed by atoms with E-state index in [2.05, 4.69) is 5.32 Å². The van der Waals surface area contributed by atoms with E-state index in [0.717, 1.165) is 0 Å². The van der Waals surface area contributed by atoms with Gasteiger partial charge in [-0.2, -0.15) is 13.2 Å². The van der Waals surface area contributed by atoms with Crippen molar-refractivity contribution >= 4 is 0 Å². The molecular formula is C7H15F3N2. The van der Waals surface area contributed by atoms with E-state index in [1.54, 1.807) is 14.0 Å². The summed E-state index contributed by atoms with van der Waals surface area (Å²) in [5, 5.41) is 2.83. The van der Waals surface area contributed by atoms with Crippen molar-refractivity contribution < 1.29 is 13.2 Å². The third-order valence-electron chi connectivity index (χ3n) is 1.68. The summed E-state index contributed by atoms with van der Waals surface area (Å²) < 4.78 is 35.5. The lowest BCUT2D eigenvalue weighted by Gasteiger charge is -2.25. The summed E-state index contributed by atoms with van der Waals surface area (Å²) in [6, 6.07) is -0.100. The van der Waals surface area contributed by atoms with Crippen molar-refractivity contribution in [2.24, 2.45) is 0 Å². The molecule has 1 atom stereocenters. The van der Waals surface area contributed by atoms with Gasteiger partial charge in [0.2, 0.25) is 0 Å². The molecular weight excluding hydrogens is 169 g/mol. The van der Waals surface area contributed by atoms with Crippen LogP contribution in [0.1, 0.15) is 6.92 Å². The van der Waals surface area contributed by atoms with Crippen LogP contribution < -0.4 is 5.32 Å². The van der Waals surface area contributed by atoms with Crippen LogP contribution in [0.2, 0.25) is 0 Å². The number of alkyl halides is 3. The Morgan fingerprint density at radius 3 is 2.25 bits per heavy atom. The van der Waals surface area contributed by atoms with Crippen LogP contribution in [0, 0.1) is 0 Å². The molecule has 1 N–H and O–H groups in total. The van der Waals surface area contributed by atoms with Crippen LogP contribution in [0.25, 0.3) is 0 Å². The Labute approximate surface area is 70.7 Å². The van der Waals surface area contributed by atoms with Gasteiger partial charge in [-0.05, 0) is 21.0 Å². The van der Waals surface area contributed by atoms with Gasteiger partial charge >= 0.3 is 6.18 Å². The summed E-state index contributed by atoms with van der Waals surface area (Å²) >= 11 is 0. The maximum atomic E-state index is 11.8. The molecule has 0 bridgehead atoms. The number of nitrogens with zero attached hydrogens (tertiary/aromatic N) is 1. The lowest BCUT2D eigenvalue weighted by atomic mass is 10.3. The molecule has 0 aliphatic heterocycles. The number of hydrogen-bond acceptors (Lipinski definition) is 2. The van der Waals surface area contributed by atoms with Crippen LogP contribution in [0.3, 0.4) is 0 Å². The lowest BCUT2D eigenvalue weighted by Crippen LogP contribution is -2.41. The van der Waals surface area contributed by atoms with E-state index < -0.39 is 12.7 Å². The SMILES string of the molecule is CNCC(C)N(C)CC(F)(F)F. The van der Waals surface area contributed by atoms with Crippen molar-refractivity contribution in [3.63, 3.8) is 0 Å². The van der Waals surface area contributed by atoms with Crippen LogP contribution in [0.5, 0.6) is 0 Å². The van der Waals surface area contributed by atoms with Gasteiger partial charge in [0.05, 0.1) is 6.54 Å². The van der Waals surface area contributed by atoms with Gasteiger partial charge in [-0.15, -0.1) is 0 Å². The number of nitrogens with one attached hydrogen (secondary N) is 1. The molecule has 0 saturated carbocycles. The first-order chi connectivity index (χ1) is 5.37. The molecule has 5 heteroatoms. The zero-order valence-corrected chi connectivity index (χ0v) is 7.57. The van der Waals surface area contributed by atoms with E-state index in [-0.39, 0.29) is 6.04 Å². The highest BCUT2D eigenvalue weighted by molar-refractivity contribution is 4.67. The predicted octanol–water partition coefficient (Wildman–Crippen LogP) is 1.09. The molecule has 0 aliphatic carbocycles. The van der Waals surface area contributed by atoms with Crippen molar-refractivity contribution in [3.05, 3.63) is 0 Å². The summed E-state index contributed by atoms with van der Waals surface area (Å²) in [7, 11) is 3.19. The highest BCUT2D eigenvalue weighted by Gasteiger charge is 2.30. The molecule has 0 aromatic carbocycles. The summed E-state index contributed by atoms with van der Waals surface area (Å²) in [4.78, 5) is 1.27. The zero-order chi connectivity index (χ0) is 9.78. The van der Waals surface area contributed by atoms with E-state index in [1.165, 1.54) is 11.9 Å². The van der Waals surface area contributed by atoms with E-state index in [9.17, 15) is 13.2 Å². The smallest absolute Gasteiger partial charge is 0.318 e. The van der Waals surface area contributed by atoms with Crippen LogP contribution in [-0.4, -0.2) is 44.3 Å². The normalized spacial score (nSPS) is 15.2. The van der Waals surface area contributed by atoms with Crippen LogP contribution in [0.4, 0.5) is 13.2 Å². The second-order valence-corrected chi connectivity index (χ2v) is 2.94. The Morgan fingerprint density at radius 2 is 1.92 bits per heavy atom. The summed E-state index contributed by atoms with van der Waals surface area (Å²) in [5.74, 6) is 0. The highest BCUT2D eigenvalue weighted by atomic mass is 19.4. The first-order valence-electron chi connectivity index (χ1n) is 3.78. The third kappa shape index (κ3) is 5.37. The molecule has 0 rings (SSSR count). The minimum absolute atomic E-state index is 0.100. The Kier molecular flexibility index (Phi) is 4.55. The average Bonchev–Trinajstić information content (AvgIpc) is 1.84. The molecule has 1 unspecified atom stereocenters. The van der Waals surface area contributed by atoms with Gasteiger partial charge in [-0.25, -0.2) is 0 Å². The van der Waals surface area contributed by atoms with Crippen molar-refractivity contribution in [1.29, 1.82) is 0 Å². The quantitative estimate of drug-likeness (QED) is 0.703. The molecule has 12 heavy (non-hydrogen) atoms. The fourth-order valence-electron chi connectivity index (χ4n) is 0.890. The van der Waals surface area contributed by atoms with E-state index in [0.29, 0.717) is 6.54 Å². The van der Waals surface area contributed by atoms with Crippen LogP contribution in [0.15, 0.2) is 0 Å². The van der Waals surface area contributed by atoms with Gasteiger partial charge in [-0.3, -0.25) is 4.90 Å². The molecule has 0 aromatic rings. The zero-order valence-electron chi connectivity index (χ0n) is 7.57. The monoisotopic (exact) mass is 184 g/mol. The Hall–Kier alpha value is -0.290. The van der Waals surface area contributed by atoms with Gasteiger partial charge in [0, 0.05) is 12.6 Å². The topological polar surface area (TPSA) is 15.3 Å². The first-order valence-corrected chi connectivity index (χ1v) is 3.78. The highest BCUT2D eigenvalue weighted by Crippen LogP contribution is 2.16. The van der Waals surface area contributed by atoms with Crippen LogP contribution in [-0.2, 0) is 0 Å². The van der Waals surface area contributed by atoms with Crippen molar-refractivity contribution in [2.45, 2.75) is 19.1 Å². The van der Waals surface area contributed by atoms with E-state index in [1.807, 2.05) is 0 Å². The molecule has 74 valence electrons. The predicted molar refractivity (Wildman–Crippen MR) is 42.1 cm³/mol. The second-order valence-electron chi connectivity index (χ2n) is 2.94. The average molecular weight is 184 g/mol. The molecule has 0 heterocycles. The fourth-order valence-corrected chi connectivity index (χ4v) is 0.890. The van der Waals surface area contributed by atoms with Gasteiger partial charge in [0.15, 0.2) is 0 Å². The van der Waals surface area contributed by atoms with Gasteiger partial charge in [-0.1, -0.05) is 0 Å². The largest absolute Gasteiger partial charge is 0.401 e. The first kappa shape index (κ1) is 11.7. The van der Waals surface area contributed by atoms with E-state index >= 15 is 0 Å². The maximum Gasteiger partial charge on any atom is 0.401 e. The molecule has 0 radical (unpaired) electrons. The Balaban J connectivity index is 3.78. The summed E-state index contributed by atoms with van der Waals surface area (Å²) in [5.41, 5.74) is 0. The van der Waals surface area contributed by atoms with Crippen molar-refractivity contribution in [3.8, 4) is 0 Å².